The molecule has 1 amide bonds. The Morgan fingerprint density at radius 2 is 1.96 bits per heavy atom. The summed E-state index contributed by atoms with van der Waals surface area (Å²) in [7, 11) is 0. The molecule has 0 atom stereocenters. The summed E-state index contributed by atoms with van der Waals surface area (Å²) in [5.41, 5.74) is -0.525. The molecule has 0 saturated carbocycles. The molecule has 5 nitrogen and oxygen atoms in total. The number of nitrogens with one attached hydrogen (secondary N) is 1. The molecule has 1 aromatic carbocycles. The molecule has 9 heteroatoms. The molecule has 0 aliphatic rings. The van der Waals surface area contributed by atoms with E-state index in [1.807, 2.05) is 0 Å². The molecular formula is C15H13F3N2O3S. The molecule has 0 aliphatic heterocycles. The molecule has 0 aliphatic carbocycles. The molecule has 0 radical (unpaired) electrons. The van der Waals surface area contributed by atoms with Crippen molar-refractivity contribution in [3.8, 4) is 0 Å². The number of hydrogen-bond donors (Lipinski definition) is 2. The SMILES string of the molecule is O=C(Cc1ccccc1C(=O)O)NCCc1nc(C(F)(F)F)cs1. The first-order valence-corrected chi connectivity index (χ1v) is 7.75. The summed E-state index contributed by atoms with van der Waals surface area (Å²) in [5, 5.41) is 12.8. The summed E-state index contributed by atoms with van der Waals surface area (Å²) < 4.78 is 37.3. The number of halogens is 3. The lowest BCUT2D eigenvalue weighted by atomic mass is 10.0. The van der Waals surface area contributed by atoms with Crippen LogP contribution in [0.5, 0.6) is 0 Å². The lowest BCUT2D eigenvalue weighted by Gasteiger charge is -2.07. The molecule has 1 heterocycles. The quantitative estimate of drug-likeness (QED) is 0.832. The van der Waals surface area contributed by atoms with E-state index in [0.29, 0.717) is 5.56 Å². The zero-order valence-electron chi connectivity index (χ0n) is 12.3. The average Bonchev–Trinajstić information content (AvgIpc) is 2.96. The van der Waals surface area contributed by atoms with E-state index in [1.165, 1.54) is 6.07 Å². The van der Waals surface area contributed by atoms with Crippen LogP contribution >= 0.6 is 11.3 Å². The summed E-state index contributed by atoms with van der Waals surface area (Å²) in [6.07, 6.45) is -4.42. The number of carbonyl (C=O) groups is 2. The summed E-state index contributed by atoms with van der Waals surface area (Å²) >= 11 is 0.878. The number of hydrogen-bond acceptors (Lipinski definition) is 4. The summed E-state index contributed by atoms with van der Waals surface area (Å²) in [6, 6.07) is 6.13. The van der Waals surface area contributed by atoms with Crippen molar-refractivity contribution < 1.29 is 27.9 Å². The van der Waals surface area contributed by atoms with Crippen LogP contribution in [0.3, 0.4) is 0 Å². The molecule has 1 aromatic heterocycles. The number of carboxylic acids is 1. The third-order valence-corrected chi connectivity index (χ3v) is 4.01. The van der Waals surface area contributed by atoms with Crippen molar-refractivity contribution in [1.82, 2.24) is 10.3 Å². The molecular weight excluding hydrogens is 345 g/mol. The Bertz CT molecular complexity index is 744. The predicted molar refractivity (Wildman–Crippen MR) is 80.9 cm³/mol. The molecule has 0 bridgehead atoms. The highest BCUT2D eigenvalue weighted by Gasteiger charge is 2.33. The number of rotatable bonds is 6. The van der Waals surface area contributed by atoms with Crippen LogP contribution in [0.25, 0.3) is 0 Å². The minimum Gasteiger partial charge on any atom is -0.478 e. The monoisotopic (exact) mass is 358 g/mol. The van der Waals surface area contributed by atoms with Gasteiger partial charge in [-0.1, -0.05) is 18.2 Å². The number of amides is 1. The van der Waals surface area contributed by atoms with Gasteiger partial charge in [0.25, 0.3) is 0 Å². The van der Waals surface area contributed by atoms with Gasteiger partial charge < -0.3 is 10.4 Å². The molecule has 0 spiro atoms. The molecule has 0 saturated heterocycles. The van der Waals surface area contributed by atoms with Gasteiger partial charge in [-0.3, -0.25) is 4.79 Å². The largest absolute Gasteiger partial charge is 0.478 e. The van der Waals surface area contributed by atoms with Crippen molar-refractivity contribution >= 4 is 23.2 Å². The van der Waals surface area contributed by atoms with E-state index in [4.69, 9.17) is 5.11 Å². The maximum absolute atomic E-state index is 12.4. The van der Waals surface area contributed by atoms with E-state index in [-0.39, 0.29) is 30.0 Å². The van der Waals surface area contributed by atoms with E-state index < -0.39 is 23.7 Å². The number of aromatic carboxylic acids is 1. The highest BCUT2D eigenvalue weighted by Crippen LogP contribution is 2.29. The van der Waals surface area contributed by atoms with E-state index in [9.17, 15) is 22.8 Å². The van der Waals surface area contributed by atoms with Crippen molar-refractivity contribution in [2.24, 2.45) is 0 Å². The van der Waals surface area contributed by atoms with Gasteiger partial charge in [-0.05, 0) is 11.6 Å². The van der Waals surface area contributed by atoms with Crippen LogP contribution in [-0.2, 0) is 23.8 Å². The second-order valence-corrected chi connectivity index (χ2v) is 5.81. The Kier molecular flexibility index (Phi) is 5.55. The normalized spacial score (nSPS) is 11.3. The number of thiazole rings is 1. The first kappa shape index (κ1) is 17.9. The number of aromatic nitrogens is 1. The average molecular weight is 358 g/mol. The van der Waals surface area contributed by atoms with Crippen LogP contribution in [0.2, 0.25) is 0 Å². The van der Waals surface area contributed by atoms with E-state index in [2.05, 4.69) is 10.3 Å². The van der Waals surface area contributed by atoms with Crippen LogP contribution < -0.4 is 5.32 Å². The highest BCUT2D eigenvalue weighted by atomic mass is 32.1. The van der Waals surface area contributed by atoms with Crippen LogP contribution in [-0.4, -0.2) is 28.5 Å². The third-order valence-electron chi connectivity index (χ3n) is 3.10. The Morgan fingerprint density at radius 1 is 1.25 bits per heavy atom. The Labute approximate surface area is 139 Å². The summed E-state index contributed by atoms with van der Waals surface area (Å²) in [4.78, 5) is 26.4. The van der Waals surface area contributed by atoms with Crippen LogP contribution in [0.15, 0.2) is 29.6 Å². The number of nitrogens with zero attached hydrogens (tertiary/aromatic N) is 1. The van der Waals surface area contributed by atoms with Gasteiger partial charge in [0.1, 0.15) is 0 Å². The zero-order chi connectivity index (χ0) is 17.7. The lowest BCUT2D eigenvalue weighted by Crippen LogP contribution is -2.27. The second kappa shape index (κ2) is 7.43. The Morgan fingerprint density at radius 3 is 2.58 bits per heavy atom. The lowest BCUT2D eigenvalue weighted by molar-refractivity contribution is -0.140. The first-order valence-electron chi connectivity index (χ1n) is 6.87. The zero-order valence-corrected chi connectivity index (χ0v) is 13.1. The maximum Gasteiger partial charge on any atom is 0.434 e. The Hall–Kier alpha value is -2.42. The van der Waals surface area contributed by atoms with E-state index in [0.717, 1.165) is 16.7 Å². The first-order chi connectivity index (χ1) is 11.3. The van der Waals surface area contributed by atoms with Crippen molar-refractivity contribution in [2.75, 3.05) is 6.54 Å². The molecule has 0 fully saturated rings. The molecule has 128 valence electrons. The Balaban J connectivity index is 1.86. The molecule has 0 unspecified atom stereocenters. The van der Waals surface area contributed by atoms with Gasteiger partial charge in [0.15, 0.2) is 5.69 Å². The number of carbonyl (C=O) groups excluding carboxylic acids is 1. The second-order valence-electron chi connectivity index (χ2n) is 4.86. The fourth-order valence-corrected chi connectivity index (χ4v) is 2.79. The van der Waals surface area contributed by atoms with Crippen molar-refractivity contribution in [3.63, 3.8) is 0 Å². The van der Waals surface area contributed by atoms with Gasteiger partial charge in [0, 0.05) is 18.3 Å². The van der Waals surface area contributed by atoms with E-state index >= 15 is 0 Å². The third kappa shape index (κ3) is 4.79. The minimum absolute atomic E-state index is 0.0439. The van der Waals surface area contributed by atoms with Gasteiger partial charge in [0.05, 0.1) is 17.0 Å². The predicted octanol–water partition coefficient (Wildman–Crippen LogP) is 2.76. The van der Waals surface area contributed by atoms with E-state index in [1.54, 1.807) is 18.2 Å². The summed E-state index contributed by atoms with van der Waals surface area (Å²) in [5.74, 6) is -1.53. The van der Waals surface area contributed by atoms with Crippen molar-refractivity contribution in [1.29, 1.82) is 0 Å². The van der Waals surface area contributed by atoms with Gasteiger partial charge in [-0.2, -0.15) is 13.2 Å². The van der Waals surface area contributed by atoms with Crippen LogP contribution in [0, 0.1) is 0 Å². The van der Waals surface area contributed by atoms with Crippen molar-refractivity contribution in [2.45, 2.75) is 19.0 Å². The van der Waals surface area contributed by atoms with Crippen molar-refractivity contribution in [3.05, 3.63) is 51.5 Å². The molecule has 24 heavy (non-hydrogen) atoms. The van der Waals surface area contributed by atoms with Gasteiger partial charge in [0.2, 0.25) is 5.91 Å². The smallest absolute Gasteiger partial charge is 0.434 e. The topological polar surface area (TPSA) is 79.3 Å². The summed E-state index contributed by atoms with van der Waals surface area (Å²) in [6.45, 7) is 0.124. The standard InChI is InChI=1S/C15H13F3N2O3S/c16-15(17,18)11-8-24-13(20-11)5-6-19-12(21)7-9-3-1-2-4-10(9)14(22)23/h1-4,8H,5-7H2,(H,19,21)(H,22,23). The molecule has 2 N–H and O–H groups in total. The number of benzene rings is 1. The molecule has 2 rings (SSSR count). The fraction of sp³-hybridized carbons (Fsp3) is 0.267. The van der Waals surface area contributed by atoms with Gasteiger partial charge >= 0.3 is 12.1 Å². The minimum atomic E-state index is -4.47. The number of alkyl halides is 3. The fourth-order valence-electron chi connectivity index (χ4n) is 1.98. The maximum atomic E-state index is 12.4. The van der Waals surface area contributed by atoms with Crippen LogP contribution in [0.1, 0.15) is 26.6 Å². The van der Waals surface area contributed by atoms with Gasteiger partial charge in [-0.25, -0.2) is 9.78 Å². The van der Waals surface area contributed by atoms with Crippen LogP contribution in [0.4, 0.5) is 13.2 Å². The molecule has 2 aromatic rings. The van der Waals surface area contributed by atoms with Gasteiger partial charge in [-0.15, -0.1) is 11.3 Å². The highest BCUT2D eigenvalue weighted by molar-refractivity contribution is 7.09. The number of carboxylic acid groups (broad SMARTS) is 1.